The molecule has 0 unspecified atom stereocenters. The van der Waals surface area contributed by atoms with Crippen LogP contribution < -0.4 is 10.5 Å². The molecule has 0 saturated carbocycles. The maximum atomic E-state index is 6.03. The van der Waals surface area contributed by atoms with E-state index in [1.54, 1.807) is 14.2 Å². The zero-order chi connectivity index (χ0) is 14.4. The molecule has 2 aromatic rings. The van der Waals surface area contributed by atoms with Crippen LogP contribution in [0.5, 0.6) is 5.75 Å². The summed E-state index contributed by atoms with van der Waals surface area (Å²) in [5.74, 6) is 3.34. The molecule has 5 heteroatoms. The Morgan fingerprint density at radius 3 is 2.85 bits per heavy atom. The van der Waals surface area contributed by atoms with Crippen molar-refractivity contribution in [1.29, 1.82) is 0 Å². The number of pyridine rings is 1. The second kappa shape index (κ2) is 7.36. The monoisotopic (exact) mass is 292 g/mol. The van der Waals surface area contributed by atoms with Gasteiger partial charge >= 0.3 is 0 Å². The lowest BCUT2D eigenvalue weighted by Gasteiger charge is -2.08. The number of thioether (sulfide) groups is 1. The summed E-state index contributed by atoms with van der Waals surface area (Å²) >= 11 is 1.85. The number of methoxy groups -OCH3 is 2. The van der Waals surface area contributed by atoms with Crippen molar-refractivity contribution in [2.75, 3.05) is 32.3 Å². The molecular formula is C15H20N2O2S. The molecule has 4 nitrogen and oxygen atoms in total. The highest BCUT2D eigenvalue weighted by Gasteiger charge is 2.05. The number of hydrogen-bond donors (Lipinski definition) is 1. The molecule has 0 aliphatic carbocycles. The van der Waals surface area contributed by atoms with Gasteiger partial charge in [0.15, 0.2) is 0 Å². The van der Waals surface area contributed by atoms with Gasteiger partial charge in [-0.25, -0.2) is 4.98 Å². The molecule has 1 heterocycles. The lowest BCUT2D eigenvalue weighted by atomic mass is 10.1. The van der Waals surface area contributed by atoms with Crippen LogP contribution in [0.15, 0.2) is 24.3 Å². The Kier molecular flexibility index (Phi) is 5.49. The van der Waals surface area contributed by atoms with Gasteiger partial charge in [0.1, 0.15) is 11.6 Å². The van der Waals surface area contributed by atoms with Crippen LogP contribution in [-0.4, -0.2) is 31.6 Å². The van der Waals surface area contributed by atoms with Crippen molar-refractivity contribution < 1.29 is 9.47 Å². The van der Waals surface area contributed by atoms with Gasteiger partial charge in [-0.05, 0) is 30.4 Å². The molecule has 108 valence electrons. The molecule has 1 aromatic carbocycles. The summed E-state index contributed by atoms with van der Waals surface area (Å²) in [5, 5.41) is 1.09. The molecule has 0 aliphatic heterocycles. The fourth-order valence-corrected chi connectivity index (χ4v) is 2.85. The summed E-state index contributed by atoms with van der Waals surface area (Å²) in [6.07, 6.45) is 1.05. The number of nitrogens with zero attached hydrogens (tertiary/aromatic N) is 1. The molecule has 2 N–H and O–H groups in total. The summed E-state index contributed by atoms with van der Waals surface area (Å²) in [4.78, 5) is 4.46. The largest absolute Gasteiger partial charge is 0.497 e. The van der Waals surface area contributed by atoms with Crippen molar-refractivity contribution in [1.82, 2.24) is 4.98 Å². The quantitative estimate of drug-likeness (QED) is 0.795. The molecule has 0 spiro atoms. The number of nitrogens with two attached hydrogens (primary N) is 1. The molecule has 0 fully saturated rings. The first-order chi connectivity index (χ1) is 9.74. The van der Waals surface area contributed by atoms with Crippen molar-refractivity contribution in [2.45, 2.75) is 12.2 Å². The van der Waals surface area contributed by atoms with E-state index in [1.807, 2.05) is 30.0 Å². The number of fused-ring (bicyclic) bond motifs is 1. The lowest BCUT2D eigenvalue weighted by molar-refractivity contribution is 0.200. The van der Waals surface area contributed by atoms with Crippen molar-refractivity contribution in [3.63, 3.8) is 0 Å². The Bertz CT molecular complexity index is 575. The second-order valence-electron chi connectivity index (χ2n) is 4.49. The van der Waals surface area contributed by atoms with Gasteiger partial charge in [0, 0.05) is 36.5 Å². The van der Waals surface area contributed by atoms with Crippen LogP contribution in [0.1, 0.15) is 12.0 Å². The maximum Gasteiger partial charge on any atom is 0.128 e. The first kappa shape index (κ1) is 14.9. The van der Waals surface area contributed by atoms with E-state index in [-0.39, 0.29) is 0 Å². The van der Waals surface area contributed by atoms with Crippen molar-refractivity contribution in [3.8, 4) is 5.75 Å². The molecule has 0 radical (unpaired) electrons. The third-order valence-corrected chi connectivity index (χ3v) is 4.12. The number of hydrogen-bond acceptors (Lipinski definition) is 5. The third-order valence-electron chi connectivity index (χ3n) is 3.03. The first-order valence-electron chi connectivity index (χ1n) is 6.54. The standard InChI is InChI=1S/C15H20N2O2S/c1-18-6-3-7-20-10-12-8-11-4-5-13(19-2)9-14(11)17-15(12)16/h4-5,8-9H,3,6-7,10H2,1-2H3,(H2,16,17). The first-order valence-corrected chi connectivity index (χ1v) is 7.70. The zero-order valence-electron chi connectivity index (χ0n) is 11.9. The number of aromatic nitrogens is 1. The van der Waals surface area contributed by atoms with E-state index in [0.717, 1.165) is 46.7 Å². The average molecular weight is 292 g/mol. The van der Waals surface area contributed by atoms with E-state index in [1.165, 1.54) is 0 Å². The number of ether oxygens (including phenoxy) is 2. The van der Waals surface area contributed by atoms with Crippen LogP contribution in [0, 0.1) is 0 Å². The van der Waals surface area contributed by atoms with Gasteiger partial charge in [-0.1, -0.05) is 0 Å². The molecule has 0 saturated heterocycles. The van der Waals surface area contributed by atoms with Crippen molar-refractivity contribution >= 4 is 28.5 Å². The molecule has 0 bridgehead atoms. The number of rotatable bonds is 7. The molecule has 0 aliphatic rings. The highest BCUT2D eigenvalue weighted by atomic mass is 32.2. The normalized spacial score (nSPS) is 10.9. The molecule has 20 heavy (non-hydrogen) atoms. The molecule has 0 amide bonds. The molecule has 2 rings (SSSR count). The van der Waals surface area contributed by atoms with Gasteiger partial charge in [-0.3, -0.25) is 0 Å². The van der Waals surface area contributed by atoms with Crippen molar-refractivity contribution in [2.24, 2.45) is 0 Å². The average Bonchev–Trinajstić information content (AvgIpc) is 2.47. The third kappa shape index (κ3) is 3.77. The summed E-state index contributed by atoms with van der Waals surface area (Å²) in [6, 6.07) is 7.97. The van der Waals surface area contributed by atoms with Crippen LogP contribution in [0.25, 0.3) is 10.9 Å². The van der Waals surface area contributed by atoms with E-state index >= 15 is 0 Å². The van der Waals surface area contributed by atoms with Crippen LogP contribution >= 0.6 is 11.8 Å². The zero-order valence-corrected chi connectivity index (χ0v) is 12.7. The SMILES string of the molecule is COCCCSCc1cc2ccc(OC)cc2nc1N. The van der Waals surface area contributed by atoms with Crippen LogP contribution in [0.2, 0.25) is 0 Å². The summed E-state index contributed by atoms with van der Waals surface area (Å²) in [6.45, 7) is 0.804. The Hall–Kier alpha value is -1.46. The highest BCUT2D eigenvalue weighted by Crippen LogP contribution is 2.25. The lowest BCUT2D eigenvalue weighted by Crippen LogP contribution is -1.98. The van der Waals surface area contributed by atoms with E-state index < -0.39 is 0 Å². The summed E-state index contributed by atoms with van der Waals surface area (Å²) in [7, 11) is 3.37. The van der Waals surface area contributed by atoms with E-state index in [9.17, 15) is 0 Å². The van der Waals surface area contributed by atoms with E-state index in [0.29, 0.717) is 5.82 Å². The molecule has 1 aromatic heterocycles. The van der Waals surface area contributed by atoms with Gasteiger partial charge in [0.2, 0.25) is 0 Å². The van der Waals surface area contributed by atoms with Gasteiger partial charge < -0.3 is 15.2 Å². The highest BCUT2D eigenvalue weighted by molar-refractivity contribution is 7.98. The summed E-state index contributed by atoms with van der Waals surface area (Å²) in [5.41, 5.74) is 7.99. The second-order valence-corrected chi connectivity index (χ2v) is 5.60. The smallest absolute Gasteiger partial charge is 0.128 e. The minimum absolute atomic E-state index is 0.602. The Balaban J connectivity index is 2.08. The number of nitrogen functional groups attached to an aromatic ring is 1. The fourth-order valence-electron chi connectivity index (χ4n) is 1.94. The van der Waals surface area contributed by atoms with E-state index in [4.69, 9.17) is 15.2 Å². The Morgan fingerprint density at radius 1 is 1.25 bits per heavy atom. The maximum absolute atomic E-state index is 6.03. The fraction of sp³-hybridized carbons (Fsp3) is 0.400. The predicted octanol–water partition coefficient (Wildman–Crippen LogP) is 3.10. The van der Waals surface area contributed by atoms with Crippen LogP contribution in [-0.2, 0) is 10.5 Å². The Labute approximate surface area is 123 Å². The minimum Gasteiger partial charge on any atom is -0.497 e. The Morgan fingerprint density at radius 2 is 2.10 bits per heavy atom. The number of benzene rings is 1. The predicted molar refractivity (Wildman–Crippen MR) is 85.4 cm³/mol. The van der Waals surface area contributed by atoms with Crippen molar-refractivity contribution in [3.05, 3.63) is 29.8 Å². The van der Waals surface area contributed by atoms with Gasteiger partial charge in [0.25, 0.3) is 0 Å². The van der Waals surface area contributed by atoms with Gasteiger partial charge in [0.05, 0.1) is 12.6 Å². The van der Waals surface area contributed by atoms with Gasteiger partial charge in [-0.15, -0.1) is 0 Å². The topological polar surface area (TPSA) is 57.4 Å². The number of anilines is 1. The van der Waals surface area contributed by atoms with E-state index in [2.05, 4.69) is 11.1 Å². The molecular weight excluding hydrogens is 272 g/mol. The van der Waals surface area contributed by atoms with Crippen LogP contribution in [0.3, 0.4) is 0 Å². The van der Waals surface area contributed by atoms with Crippen LogP contribution in [0.4, 0.5) is 5.82 Å². The van der Waals surface area contributed by atoms with Gasteiger partial charge in [-0.2, -0.15) is 11.8 Å². The summed E-state index contributed by atoms with van der Waals surface area (Å²) < 4.78 is 10.2. The molecule has 0 atom stereocenters. The minimum atomic E-state index is 0.602.